The number of rotatable bonds is 2. The quantitative estimate of drug-likeness (QED) is 0.571. The molecule has 0 aliphatic heterocycles. The van der Waals surface area contributed by atoms with Crippen molar-refractivity contribution in [3.05, 3.63) is 53.1 Å². The van der Waals surface area contributed by atoms with Crippen LogP contribution in [0, 0.1) is 11.6 Å². The van der Waals surface area contributed by atoms with Gasteiger partial charge in [0.25, 0.3) is 0 Å². The van der Waals surface area contributed by atoms with E-state index in [1.54, 1.807) is 25.3 Å². The Morgan fingerprint density at radius 1 is 0.862 bits per heavy atom. The lowest BCUT2D eigenvalue weighted by Crippen LogP contribution is -2.29. The number of ether oxygens (including phenoxy) is 2. The molecule has 1 spiro atoms. The Labute approximate surface area is 167 Å². The first-order chi connectivity index (χ1) is 14.0. The van der Waals surface area contributed by atoms with Gasteiger partial charge in [-0.05, 0) is 59.2 Å². The van der Waals surface area contributed by atoms with Crippen LogP contribution in [-0.2, 0) is 5.41 Å². The molecule has 0 saturated heterocycles. The first kappa shape index (κ1) is 18.2. The van der Waals surface area contributed by atoms with Crippen LogP contribution in [0.25, 0.3) is 21.9 Å². The third-order valence-electron chi connectivity index (χ3n) is 6.64. The molecular formula is C24H22F2O3. The van der Waals surface area contributed by atoms with Gasteiger partial charge in [0.1, 0.15) is 17.4 Å². The van der Waals surface area contributed by atoms with Crippen molar-refractivity contribution < 1.29 is 23.4 Å². The number of hydrogen-bond donors (Lipinski definition) is 1. The standard InChI is InChI=1S/C24H22F2O3/c1-28-20-10-14-15(11-21(20)29-2)22-16-8-13(25)9-18(26)23(16)24(6-4-3-5-7-24)17(22)12-19(14)27/h8-12,27H,3-7H2,1-2H3. The Morgan fingerprint density at radius 3 is 2.17 bits per heavy atom. The Bertz CT molecular complexity index is 1150. The summed E-state index contributed by atoms with van der Waals surface area (Å²) in [4.78, 5) is 0. The fourth-order valence-electron chi connectivity index (χ4n) is 5.46. The van der Waals surface area contributed by atoms with Crippen molar-refractivity contribution in [2.24, 2.45) is 0 Å². The minimum atomic E-state index is -0.596. The van der Waals surface area contributed by atoms with Crippen LogP contribution in [0.4, 0.5) is 8.78 Å². The van der Waals surface area contributed by atoms with Crippen LogP contribution in [0.5, 0.6) is 17.2 Å². The van der Waals surface area contributed by atoms with Gasteiger partial charge < -0.3 is 14.6 Å². The van der Waals surface area contributed by atoms with Gasteiger partial charge in [0.2, 0.25) is 0 Å². The minimum Gasteiger partial charge on any atom is -0.507 e. The molecule has 150 valence electrons. The van der Waals surface area contributed by atoms with Crippen molar-refractivity contribution in [2.75, 3.05) is 14.2 Å². The zero-order chi connectivity index (χ0) is 20.3. The van der Waals surface area contributed by atoms with Crippen LogP contribution in [0.1, 0.15) is 43.2 Å². The lowest BCUT2D eigenvalue weighted by molar-refractivity contribution is 0.341. The maximum atomic E-state index is 15.2. The highest BCUT2D eigenvalue weighted by atomic mass is 19.1. The molecule has 29 heavy (non-hydrogen) atoms. The van der Waals surface area contributed by atoms with Gasteiger partial charge >= 0.3 is 0 Å². The molecule has 2 aliphatic rings. The molecular weight excluding hydrogens is 374 g/mol. The van der Waals surface area contributed by atoms with Gasteiger partial charge in [0.15, 0.2) is 11.5 Å². The zero-order valence-electron chi connectivity index (χ0n) is 16.4. The van der Waals surface area contributed by atoms with E-state index in [2.05, 4.69) is 0 Å². The van der Waals surface area contributed by atoms with Crippen LogP contribution < -0.4 is 9.47 Å². The summed E-state index contributed by atoms with van der Waals surface area (Å²) in [5.41, 5.74) is 2.29. The van der Waals surface area contributed by atoms with E-state index < -0.39 is 17.0 Å². The summed E-state index contributed by atoms with van der Waals surface area (Å²) >= 11 is 0. The fourth-order valence-corrected chi connectivity index (χ4v) is 5.46. The summed E-state index contributed by atoms with van der Waals surface area (Å²) in [5.74, 6) is 0.00778. The molecule has 1 fully saturated rings. The van der Waals surface area contributed by atoms with Crippen molar-refractivity contribution in [1.82, 2.24) is 0 Å². The maximum absolute atomic E-state index is 15.2. The van der Waals surface area contributed by atoms with E-state index in [1.807, 2.05) is 0 Å². The molecule has 0 aromatic heterocycles. The van der Waals surface area contributed by atoms with E-state index in [-0.39, 0.29) is 5.75 Å². The summed E-state index contributed by atoms with van der Waals surface area (Å²) in [6, 6.07) is 7.65. The van der Waals surface area contributed by atoms with E-state index in [1.165, 1.54) is 13.2 Å². The van der Waals surface area contributed by atoms with Crippen molar-refractivity contribution in [1.29, 1.82) is 0 Å². The molecule has 3 aromatic carbocycles. The lowest BCUT2D eigenvalue weighted by Gasteiger charge is -2.36. The molecule has 0 atom stereocenters. The highest BCUT2D eigenvalue weighted by Gasteiger charge is 2.47. The molecule has 0 bridgehead atoms. The second-order valence-corrected chi connectivity index (χ2v) is 8.02. The van der Waals surface area contributed by atoms with E-state index in [0.29, 0.717) is 33.4 Å². The molecule has 0 unspecified atom stereocenters. The van der Waals surface area contributed by atoms with E-state index >= 15 is 4.39 Å². The molecule has 5 heteroatoms. The van der Waals surface area contributed by atoms with Crippen LogP contribution in [0.3, 0.4) is 0 Å². The van der Waals surface area contributed by atoms with E-state index in [9.17, 15) is 9.50 Å². The van der Waals surface area contributed by atoms with Gasteiger partial charge in [-0.25, -0.2) is 8.78 Å². The lowest BCUT2D eigenvalue weighted by atomic mass is 9.67. The molecule has 3 aromatic rings. The van der Waals surface area contributed by atoms with Crippen LogP contribution >= 0.6 is 0 Å². The SMILES string of the molecule is COc1cc2c(O)cc3c(c2cc1OC)-c1cc(F)cc(F)c1C31CCCCC1. The van der Waals surface area contributed by atoms with Crippen molar-refractivity contribution >= 4 is 10.8 Å². The van der Waals surface area contributed by atoms with Crippen molar-refractivity contribution in [2.45, 2.75) is 37.5 Å². The Morgan fingerprint density at radius 2 is 1.52 bits per heavy atom. The van der Waals surface area contributed by atoms with Gasteiger partial charge in [0.05, 0.1) is 14.2 Å². The first-order valence-electron chi connectivity index (χ1n) is 9.92. The predicted molar refractivity (Wildman–Crippen MR) is 108 cm³/mol. The summed E-state index contributed by atoms with van der Waals surface area (Å²) in [6.45, 7) is 0. The molecule has 5 rings (SSSR count). The second kappa shape index (κ2) is 6.34. The topological polar surface area (TPSA) is 38.7 Å². The zero-order valence-corrected chi connectivity index (χ0v) is 16.4. The summed E-state index contributed by atoms with van der Waals surface area (Å²) in [5, 5.41) is 12.2. The van der Waals surface area contributed by atoms with Gasteiger partial charge in [-0.15, -0.1) is 0 Å². The van der Waals surface area contributed by atoms with Crippen molar-refractivity contribution in [3.8, 4) is 28.4 Å². The number of fused-ring (bicyclic) bond motifs is 7. The largest absolute Gasteiger partial charge is 0.507 e. The average molecular weight is 396 g/mol. The minimum absolute atomic E-state index is 0.110. The van der Waals surface area contributed by atoms with E-state index in [4.69, 9.17) is 9.47 Å². The summed E-state index contributed by atoms with van der Waals surface area (Å²) in [6.07, 6.45) is 4.61. The summed E-state index contributed by atoms with van der Waals surface area (Å²) in [7, 11) is 3.08. The van der Waals surface area contributed by atoms with Crippen LogP contribution in [-0.4, -0.2) is 19.3 Å². The molecule has 0 heterocycles. The van der Waals surface area contributed by atoms with E-state index in [0.717, 1.165) is 49.3 Å². The average Bonchev–Trinajstić information content (AvgIpc) is 2.97. The highest BCUT2D eigenvalue weighted by Crippen LogP contribution is 2.59. The highest BCUT2D eigenvalue weighted by molar-refractivity contribution is 6.06. The fraction of sp³-hybridized carbons (Fsp3) is 0.333. The predicted octanol–water partition coefficient (Wildman–Crippen LogP) is 6.07. The van der Waals surface area contributed by atoms with Crippen LogP contribution in [0.2, 0.25) is 0 Å². The van der Waals surface area contributed by atoms with Gasteiger partial charge in [0, 0.05) is 22.4 Å². The number of halogens is 2. The Balaban J connectivity index is 1.94. The smallest absolute Gasteiger partial charge is 0.161 e. The van der Waals surface area contributed by atoms with Crippen molar-refractivity contribution in [3.63, 3.8) is 0 Å². The van der Waals surface area contributed by atoms with Gasteiger partial charge in [-0.3, -0.25) is 0 Å². The number of methoxy groups -OCH3 is 2. The first-order valence-corrected chi connectivity index (χ1v) is 9.92. The number of phenols is 1. The monoisotopic (exact) mass is 396 g/mol. The number of hydrogen-bond acceptors (Lipinski definition) is 3. The number of phenolic OH excluding ortho intramolecular Hbond substituents is 1. The normalized spacial score (nSPS) is 16.7. The van der Waals surface area contributed by atoms with Gasteiger partial charge in [-0.2, -0.15) is 0 Å². The number of benzene rings is 3. The molecule has 0 amide bonds. The Hall–Kier alpha value is -2.82. The molecule has 1 saturated carbocycles. The molecule has 3 nitrogen and oxygen atoms in total. The Kier molecular flexibility index (Phi) is 3.99. The molecule has 0 radical (unpaired) electrons. The molecule has 2 aliphatic carbocycles. The number of aromatic hydroxyl groups is 1. The van der Waals surface area contributed by atoms with Gasteiger partial charge in [-0.1, -0.05) is 19.3 Å². The summed E-state index contributed by atoms with van der Waals surface area (Å²) < 4.78 is 40.3. The third-order valence-corrected chi connectivity index (χ3v) is 6.64. The molecule has 1 N–H and O–H groups in total. The maximum Gasteiger partial charge on any atom is 0.161 e. The van der Waals surface area contributed by atoms with Crippen LogP contribution in [0.15, 0.2) is 30.3 Å². The third kappa shape index (κ3) is 2.39. The second-order valence-electron chi connectivity index (χ2n) is 8.02.